The SMILES string of the molecule is Cc1nn(C)c(C)c1C(=O)C(=O)N[C@H](C)c1nc(C(C)(C)C)cs1. The summed E-state index contributed by atoms with van der Waals surface area (Å²) in [6, 6.07) is -0.320. The Morgan fingerprint density at radius 1 is 1.29 bits per heavy atom. The number of carbonyl (C=O) groups excluding carboxylic acids is 2. The first-order valence-corrected chi connectivity index (χ1v) is 8.71. The second-order valence-corrected chi connectivity index (χ2v) is 7.90. The number of carbonyl (C=O) groups is 2. The van der Waals surface area contributed by atoms with Crippen molar-refractivity contribution in [1.29, 1.82) is 0 Å². The summed E-state index contributed by atoms with van der Waals surface area (Å²) in [6.07, 6.45) is 0. The first kappa shape index (κ1) is 18.3. The molecule has 0 radical (unpaired) electrons. The molecule has 0 unspecified atom stereocenters. The second-order valence-electron chi connectivity index (χ2n) is 7.01. The van der Waals surface area contributed by atoms with Gasteiger partial charge in [0.15, 0.2) is 0 Å². The van der Waals surface area contributed by atoms with E-state index in [0.29, 0.717) is 17.0 Å². The van der Waals surface area contributed by atoms with E-state index < -0.39 is 11.7 Å². The average molecular weight is 348 g/mol. The number of thiazole rings is 1. The average Bonchev–Trinajstić information content (AvgIpc) is 3.04. The van der Waals surface area contributed by atoms with Gasteiger partial charge in [0.1, 0.15) is 5.01 Å². The summed E-state index contributed by atoms with van der Waals surface area (Å²) in [5.41, 5.74) is 2.56. The van der Waals surface area contributed by atoms with Crippen molar-refractivity contribution in [2.45, 2.75) is 53.0 Å². The van der Waals surface area contributed by atoms with Crippen LogP contribution in [0, 0.1) is 13.8 Å². The molecule has 24 heavy (non-hydrogen) atoms. The Hall–Kier alpha value is -2.02. The van der Waals surface area contributed by atoms with Crippen LogP contribution in [0.2, 0.25) is 0 Å². The molecule has 0 aliphatic heterocycles. The van der Waals surface area contributed by atoms with Crippen molar-refractivity contribution in [2.75, 3.05) is 0 Å². The molecule has 2 aromatic rings. The van der Waals surface area contributed by atoms with Crippen LogP contribution in [0.3, 0.4) is 0 Å². The van der Waals surface area contributed by atoms with Crippen molar-refractivity contribution < 1.29 is 9.59 Å². The van der Waals surface area contributed by atoms with Crippen molar-refractivity contribution in [3.63, 3.8) is 0 Å². The molecule has 6 nitrogen and oxygen atoms in total. The Labute approximate surface area is 146 Å². The predicted octanol–water partition coefficient (Wildman–Crippen LogP) is 2.85. The predicted molar refractivity (Wildman–Crippen MR) is 94.4 cm³/mol. The first-order valence-electron chi connectivity index (χ1n) is 7.83. The van der Waals surface area contributed by atoms with E-state index in [1.54, 1.807) is 25.6 Å². The third-order valence-corrected chi connectivity index (χ3v) is 4.98. The van der Waals surface area contributed by atoms with Crippen molar-refractivity contribution in [1.82, 2.24) is 20.1 Å². The Morgan fingerprint density at radius 3 is 2.38 bits per heavy atom. The van der Waals surface area contributed by atoms with E-state index in [1.165, 1.54) is 11.3 Å². The van der Waals surface area contributed by atoms with Gasteiger partial charge in [-0.3, -0.25) is 14.3 Å². The highest BCUT2D eigenvalue weighted by Crippen LogP contribution is 2.26. The van der Waals surface area contributed by atoms with Crippen molar-refractivity contribution >= 4 is 23.0 Å². The van der Waals surface area contributed by atoms with Gasteiger partial charge < -0.3 is 5.32 Å². The number of Topliss-reactive ketones (excluding diaryl/α,β-unsaturated/α-hetero) is 1. The monoisotopic (exact) mass is 348 g/mol. The maximum Gasteiger partial charge on any atom is 0.293 e. The molecular formula is C17H24N4O2S. The molecule has 130 valence electrons. The zero-order chi connectivity index (χ0) is 18.2. The topological polar surface area (TPSA) is 76.9 Å². The third-order valence-electron chi connectivity index (χ3n) is 3.95. The number of hydrogen-bond acceptors (Lipinski definition) is 5. The van der Waals surface area contributed by atoms with E-state index in [1.807, 2.05) is 12.3 Å². The zero-order valence-corrected chi connectivity index (χ0v) is 16.0. The maximum atomic E-state index is 12.4. The molecule has 0 aliphatic rings. The number of nitrogens with one attached hydrogen (secondary N) is 1. The van der Waals surface area contributed by atoms with E-state index in [-0.39, 0.29) is 11.5 Å². The molecule has 0 aromatic carbocycles. The summed E-state index contributed by atoms with van der Waals surface area (Å²) >= 11 is 1.49. The fraction of sp³-hybridized carbons (Fsp3) is 0.529. The minimum atomic E-state index is -0.630. The maximum absolute atomic E-state index is 12.4. The molecular weight excluding hydrogens is 324 g/mol. The number of hydrogen-bond donors (Lipinski definition) is 1. The first-order chi connectivity index (χ1) is 11.0. The van der Waals surface area contributed by atoms with Crippen LogP contribution in [0.25, 0.3) is 0 Å². The summed E-state index contributed by atoms with van der Waals surface area (Å²) in [6.45, 7) is 11.6. The zero-order valence-electron chi connectivity index (χ0n) is 15.2. The quantitative estimate of drug-likeness (QED) is 0.681. The summed E-state index contributed by atoms with van der Waals surface area (Å²) in [5.74, 6) is -1.19. The van der Waals surface area contributed by atoms with Crippen LogP contribution in [0.15, 0.2) is 5.38 Å². The van der Waals surface area contributed by atoms with Crippen LogP contribution in [-0.2, 0) is 17.3 Å². The molecule has 2 heterocycles. The highest BCUT2D eigenvalue weighted by molar-refractivity contribution is 7.09. The van der Waals surface area contributed by atoms with Crippen molar-refractivity contribution in [2.24, 2.45) is 7.05 Å². The minimum Gasteiger partial charge on any atom is -0.340 e. The molecule has 0 spiro atoms. The minimum absolute atomic E-state index is 0.0434. The molecule has 1 atom stereocenters. The van der Waals surface area contributed by atoms with Gasteiger partial charge in [-0.1, -0.05) is 20.8 Å². The third kappa shape index (κ3) is 3.56. The van der Waals surface area contributed by atoms with Gasteiger partial charge in [0.2, 0.25) is 0 Å². The molecule has 2 aromatic heterocycles. The van der Waals surface area contributed by atoms with Gasteiger partial charge >= 0.3 is 0 Å². The van der Waals surface area contributed by atoms with Crippen LogP contribution < -0.4 is 5.32 Å². The Morgan fingerprint density at radius 2 is 1.92 bits per heavy atom. The lowest BCUT2D eigenvalue weighted by Gasteiger charge is -2.15. The number of ketones is 1. The smallest absolute Gasteiger partial charge is 0.293 e. The summed E-state index contributed by atoms with van der Waals surface area (Å²) in [4.78, 5) is 29.4. The number of amides is 1. The molecule has 1 amide bonds. The van der Waals surface area contributed by atoms with Gasteiger partial charge in [0.25, 0.3) is 11.7 Å². The van der Waals surface area contributed by atoms with Gasteiger partial charge in [-0.15, -0.1) is 11.3 Å². The number of nitrogens with zero attached hydrogens (tertiary/aromatic N) is 3. The largest absolute Gasteiger partial charge is 0.340 e. The fourth-order valence-electron chi connectivity index (χ4n) is 2.37. The number of rotatable bonds is 4. The molecule has 7 heteroatoms. The van der Waals surface area contributed by atoms with Gasteiger partial charge in [-0.25, -0.2) is 4.98 Å². The number of aromatic nitrogens is 3. The van der Waals surface area contributed by atoms with Crippen LogP contribution in [0.1, 0.15) is 66.2 Å². The van der Waals surface area contributed by atoms with Crippen LogP contribution in [0.4, 0.5) is 0 Å². The molecule has 0 fully saturated rings. The van der Waals surface area contributed by atoms with E-state index in [4.69, 9.17) is 0 Å². The highest BCUT2D eigenvalue weighted by Gasteiger charge is 2.26. The molecule has 0 saturated heterocycles. The Bertz CT molecular complexity index is 783. The van der Waals surface area contributed by atoms with Gasteiger partial charge in [-0.2, -0.15) is 5.10 Å². The van der Waals surface area contributed by atoms with E-state index in [9.17, 15) is 9.59 Å². The normalized spacial score (nSPS) is 13.0. The van der Waals surface area contributed by atoms with Gasteiger partial charge in [0.05, 0.1) is 23.0 Å². The summed E-state index contributed by atoms with van der Waals surface area (Å²) in [5, 5.41) is 9.72. The summed E-state index contributed by atoms with van der Waals surface area (Å²) in [7, 11) is 1.75. The van der Waals surface area contributed by atoms with Crippen LogP contribution in [-0.4, -0.2) is 26.5 Å². The standard InChI is InChI=1S/C17H24N4O2S/c1-9-13(11(3)21(7)20-9)14(22)15(23)18-10(2)16-19-12(8-24-16)17(4,5)6/h8,10H,1-7H3,(H,18,23)/t10-/m1/s1. The molecule has 0 aliphatic carbocycles. The van der Waals surface area contributed by atoms with E-state index in [2.05, 4.69) is 36.2 Å². The van der Waals surface area contributed by atoms with Crippen molar-refractivity contribution in [3.8, 4) is 0 Å². The second kappa shape index (κ2) is 6.47. The number of aryl methyl sites for hydroxylation is 2. The molecule has 0 saturated carbocycles. The lowest BCUT2D eigenvalue weighted by molar-refractivity contribution is -0.117. The van der Waals surface area contributed by atoms with Crippen LogP contribution >= 0.6 is 11.3 Å². The van der Waals surface area contributed by atoms with E-state index >= 15 is 0 Å². The fourth-order valence-corrected chi connectivity index (χ4v) is 3.42. The van der Waals surface area contributed by atoms with Crippen molar-refractivity contribution in [3.05, 3.63) is 33.0 Å². The van der Waals surface area contributed by atoms with Gasteiger partial charge in [0, 0.05) is 23.5 Å². The van der Waals surface area contributed by atoms with Gasteiger partial charge in [-0.05, 0) is 20.8 Å². The molecule has 0 bridgehead atoms. The molecule has 2 rings (SSSR count). The van der Waals surface area contributed by atoms with Crippen LogP contribution in [0.5, 0.6) is 0 Å². The molecule has 1 N–H and O–H groups in total. The Kier molecular flexibility index (Phi) is 4.94. The highest BCUT2D eigenvalue weighted by atomic mass is 32.1. The lowest BCUT2D eigenvalue weighted by Crippen LogP contribution is -2.33. The lowest BCUT2D eigenvalue weighted by atomic mass is 9.93. The summed E-state index contributed by atoms with van der Waals surface area (Å²) < 4.78 is 1.61. The van der Waals surface area contributed by atoms with E-state index in [0.717, 1.165) is 10.7 Å². The Balaban J connectivity index is 2.14.